The molecule has 4 heterocycles. The minimum atomic E-state index is -2.00. The Morgan fingerprint density at radius 1 is 0.481 bits per heavy atom. The monoisotopic (exact) mass is 1140 g/mol. The molecule has 8 aliphatic rings. The Labute approximate surface area is 457 Å². The molecule has 4 saturated carbocycles. The van der Waals surface area contributed by atoms with E-state index in [0.717, 1.165) is 6.08 Å². The quantitative estimate of drug-likeness (QED) is 0.0463. The molecule has 13 N–H and O–H groups in total. The van der Waals surface area contributed by atoms with Gasteiger partial charge in [0.2, 0.25) is 0 Å². The van der Waals surface area contributed by atoms with Crippen LogP contribution in [0, 0.1) is 23.7 Å². The van der Waals surface area contributed by atoms with Gasteiger partial charge in [-0.3, -0.25) is 0 Å². The average Bonchev–Trinajstić information content (AvgIpc) is 3.48. The predicted molar refractivity (Wildman–Crippen MR) is 264 cm³/mol. The summed E-state index contributed by atoms with van der Waals surface area (Å²) in [6, 6.07) is 0. The molecule has 0 amide bonds. The van der Waals surface area contributed by atoms with E-state index in [-0.39, 0.29) is 37.0 Å². The van der Waals surface area contributed by atoms with Crippen LogP contribution in [0.5, 0.6) is 0 Å². The highest BCUT2D eigenvalue weighted by atomic mass is 16.8. The Morgan fingerprint density at radius 3 is 1.62 bits per heavy atom. The zero-order valence-electron chi connectivity index (χ0n) is 44.5. The van der Waals surface area contributed by atoms with Gasteiger partial charge >= 0.3 is 11.9 Å². The number of aliphatic hydroxyl groups is 13. The van der Waals surface area contributed by atoms with Crippen molar-refractivity contribution >= 4 is 11.9 Å². The van der Waals surface area contributed by atoms with Gasteiger partial charge in [0.05, 0.1) is 74.3 Å². The van der Waals surface area contributed by atoms with E-state index in [1.165, 1.54) is 20.3 Å². The van der Waals surface area contributed by atoms with Gasteiger partial charge in [-0.15, -0.1) is 0 Å². The third-order valence-electron chi connectivity index (χ3n) is 17.5. The molecule has 0 bridgehead atoms. The van der Waals surface area contributed by atoms with Crippen LogP contribution >= 0.6 is 0 Å². The Balaban J connectivity index is 1.07. The first-order valence-corrected chi connectivity index (χ1v) is 27.9. The lowest BCUT2D eigenvalue weighted by Crippen LogP contribution is -2.66. The van der Waals surface area contributed by atoms with Gasteiger partial charge in [-0.1, -0.05) is 12.2 Å². The number of carbonyl (C=O) groups excluding carboxylic acids is 2. The van der Waals surface area contributed by atoms with Crippen LogP contribution in [-0.4, -0.2) is 266 Å². The molecular formula is C53H84O26. The summed E-state index contributed by atoms with van der Waals surface area (Å²) >= 11 is 0. The molecule has 12 unspecified atom stereocenters. The van der Waals surface area contributed by atoms with Gasteiger partial charge in [-0.25, -0.2) is 9.59 Å². The van der Waals surface area contributed by atoms with Crippen LogP contribution in [0.3, 0.4) is 0 Å². The second kappa shape index (κ2) is 28.4. The lowest BCUT2D eigenvalue weighted by molar-refractivity contribution is -0.380. The maximum absolute atomic E-state index is 13.5. The number of fused-ring (bicyclic) bond motifs is 1. The van der Waals surface area contributed by atoms with Crippen LogP contribution in [0.1, 0.15) is 83.5 Å². The van der Waals surface area contributed by atoms with Crippen molar-refractivity contribution in [3.05, 3.63) is 24.3 Å². The summed E-state index contributed by atoms with van der Waals surface area (Å²) in [7, 11) is 2.96. The highest BCUT2D eigenvalue weighted by Crippen LogP contribution is 2.46. The molecule has 27 atom stereocenters. The van der Waals surface area contributed by atoms with Crippen molar-refractivity contribution in [1.82, 2.24) is 0 Å². The number of methoxy groups -OCH3 is 2. The van der Waals surface area contributed by atoms with Crippen molar-refractivity contribution in [2.45, 2.75) is 237 Å². The number of carbonyl (C=O) groups is 2. The van der Waals surface area contributed by atoms with Gasteiger partial charge in [0.25, 0.3) is 0 Å². The number of hydrogen-bond donors (Lipinski definition) is 13. The van der Waals surface area contributed by atoms with Crippen molar-refractivity contribution in [2.75, 3.05) is 34.0 Å². The Morgan fingerprint density at radius 2 is 1.01 bits per heavy atom. The normalized spacial score (nSPS) is 48.1. The standard InChI is InChI=1S/C53H84O26/c1-69-33-15-23(3-11-29(33)58)5-13-39(60)71-22-38-43(64)46(67)50(79-53-49(45(66)42(63)37(21-55)76-53)78-40(61)14-6-24-4-12-30(59)34(16-24)70-2)52(77-38)74-35-19-28-31(72-48(35)25-7-9-26(56)10-8-25)17-27(57)18-32(28)73-51-47(68)44(65)41(62)36(20-54)75-51/h5-6,13-14,23-38,41-59,62-68H,3-4,7-12,15-22H2,1-2H3/t23?,24?,25?,26?,27?,28?,29?,30?,31?,32?,33?,34?,35?,36-,37-,38-,41-,42-,43-,44+,45+,46+,47-,48?,49-,50-,51-,52-,53+/m1/s1. The highest BCUT2D eigenvalue weighted by molar-refractivity contribution is 5.82. The van der Waals surface area contributed by atoms with Crippen LogP contribution < -0.4 is 0 Å². The second-order valence-corrected chi connectivity index (χ2v) is 22.7. The molecule has 79 heavy (non-hydrogen) atoms. The van der Waals surface area contributed by atoms with Crippen molar-refractivity contribution in [1.29, 1.82) is 0 Å². The summed E-state index contributed by atoms with van der Waals surface area (Å²) < 4.78 is 66.4. The molecule has 0 aromatic carbocycles. The average molecular weight is 1140 g/mol. The predicted octanol–water partition coefficient (Wildman–Crippen LogP) is -3.77. The third kappa shape index (κ3) is 15.1. The van der Waals surface area contributed by atoms with Crippen LogP contribution in [0.25, 0.3) is 0 Å². The van der Waals surface area contributed by atoms with Crippen LogP contribution in [0.2, 0.25) is 0 Å². The van der Waals surface area contributed by atoms with Crippen LogP contribution in [0.15, 0.2) is 24.3 Å². The molecule has 0 aromatic rings. The first kappa shape index (κ1) is 62.6. The summed E-state index contributed by atoms with van der Waals surface area (Å²) in [5, 5.41) is 141. The minimum Gasteiger partial charge on any atom is -0.460 e. The molecule has 4 saturated heterocycles. The SMILES string of the molecule is COC1CC(C=CC(=O)OC[C@H]2O[C@@H](OC3CC4C(CC(O)CC4O[C@@H]4O[C@H](CO)[C@@H](O)[C@H](O)[C@H]4O)OC3C3CCC(O)CC3)[C@H](O[C@@H]3O[C@H](CO)[C@@H](O)[C@H](O)[C@H]3OC(=O)C=CC3CCC(O)C(OC)C3)[C@@H](O)[C@@H]2O)CCC1O. The lowest BCUT2D eigenvalue weighted by Gasteiger charge is -2.53. The molecule has 4 aliphatic heterocycles. The van der Waals surface area contributed by atoms with Crippen LogP contribution in [-0.2, 0) is 61.7 Å². The summed E-state index contributed by atoms with van der Waals surface area (Å²) in [5.41, 5.74) is 0. The van der Waals surface area contributed by atoms with Gasteiger partial charge in [0.15, 0.2) is 25.0 Å². The maximum Gasteiger partial charge on any atom is 0.330 e. The first-order valence-electron chi connectivity index (χ1n) is 27.9. The molecule has 452 valence electrons. The number of ether oxygens (including phenoxy) is 11. The summed E-state index contributed by atoms with van der Waals surface area (Å²) in [4.78, 5) is 26.7. The Hall–Kier alpha value is -2.46. The van der Waals surface area contributed by atoms with E-state index in [1.807, 2.05) is 0 Å². The fraction of sp³-hybridized carbons (Fsp3) is 0.887. The van der Waals surface area contributed by atoms with E-state index in [9.17, 15) is 76.0 Å². The van der Waals surface area contributed by atoms with E-state index in [1.54, 1.807) is 12.2 Å². The number of esters is 2. The molecule has 8 fully saturated rings. The van der Waals surface area contributed by atoms with Gasteiger partial charge in [-0.05, 0) is 94.8 Å². The fourth-order valence-electron chi connectivity index (χ4n) is 12.7. The van der Waals surface area contributed by atoms with Crippen molar-refractivity contribution in [2.24, 2.45) is 23.7 Å². The molecule has 0 spiro atoms. The molecule has 0 aromatic heterocycles. The smallest absolute Gasteiger partial charge is 0.330 e. The van der Waals surface area contributed by atoms with E-state index in [2.05, 4.69) is 0 Å². The van der Waals surface area contributed by atoms with E-state index < -0.39 is 191 Å². The maximum atomic E-state index is 13.5. The number of allylic oxidation sites excluding steroid dienone is 2. The van der Waals surface area contributed by atoms with E-state index >= 15 is 0 Å². The Bertz CT molecular complexity index is 1970. The molecule has 8 rings (SSSR count). The van der Waals surface area contributed by atoms with Gasteiger partial charge in [-0.2, -0.15) is 0 Å². The Kier molecular flexibility index (Phi) is 22.5. The molecule has 0 radical (unpaired) electrons. The van der Waals surface area contributed by atoms with Crippen molar-refractivity contribution < 1.29 is 128 Å². The number of rotatable bonds is 18. The van der Waals surface area contributed by atoms with E-state index in [4.69, 9.17) is 52.1 Å². The van der Waals surface area contributed by atoms with Gasteiger partial charge in [0.1, 0.15) is 73.8 Å². The largest absolute Gasteiger partial charge is 0.460 e. The van der Waals surface area contributed by atoms with Gasteiger partial charge in [0, 0.05) is 38.7 Å². The lowest BCUT2D eigenvalue weighted by atomic mass is 9.73. The zero-order chi connectivity index (χ0) is 56.8. The molecular weight excluding hydrogens is 1050 g/mol. The molecule has 26 heteroatoms. The zero-order valence-corrected chi connectivity index (χ0v) is 44.5. The first-order chi connectivity index (χ1) is 37.8. The second-order valence-electron chi connectivity index (χ2n) is 22.7. The van der Waals surface area contributed by atoms with Crippen LogP contribution in [0.4, 0.5) is 0 Å². The minimum absolute atomic E-state index is 0.0212. The highest BCUT2D eigenvalue weighted by Gasteiger charge is 2.56. The summed E-state index contributed by atoms with van der Waals surface area (Å²) in [6.07, 6.45) is -23.3. The molecule has 4 aliphatic carbocycles. The van der Waals surface area contributed by atoms with Crippen molar-refractivity contribution in [3.63, 3.8) is 0 Å². The van der Waals surface area contributed by atoms with E-state index in [0.29, 0.717) is 64.2 Å². The fourth-order valence-corrected chi connectivity index (χ4v) is 12.7. The molecule has 26 nitrogen and oxygen atoms in total. The van der Waals surface area contributed by atoms with Crippen molar-refractivity contribution in [3.8, 4) is 0 Å². The summed E-state index contributed by atoms with van der Waals surface area (Å²) in [5.74, 6) is -3.09. The topological polar surface area (TPSA) is 399 Å². The third-order valence-corrected chi connectivity index (χ3v) is 17.5. The summed E-state index contributed by atoms with van der Waals surface area (Å²) in [6.45, 7) is -2.23. The number of hydrogen-bond acceptors (Lipinski definition) is 26. The van der Waals surface area contributed by atoms with Gasteiger partial charge < -0.3 is 118 Å². The number of aliphatic hydroxyl groups excluding tert-OH is 13.